The lowest BCUT2D eigenvalue weighted by atomic mass is 10.2. The van der Waals surface area contributed by atoms with Gasteiger partial charge in [-0.25, -0.2) is 0 Å². The van der Waals surface area contributed by atoms with E-state index < -0.39 is 0 Å². The summed E-state index contributed by atoms with van der Waals surface area (Å²) in [6.45, 7) is 4.41. The summed E-state index contributed by atoms with van der Waals surface area (Å²) in [4.78, 5) is 2.15. The van der Waals surface area contributed by atoms with Gasteiger partial charge in [-0.15, -0.1) is 0 Å². The van der Waals surface area contributed by atoms with Crippen molar-refractivity contribution in [2.75, 3.05) is 53.2 Å². The van der Waals surface area contributed by atoms with Crippen molar-refractivity contribution in [3.8, 4) is 0 Å². The zero-order valence-electron chi connectivity index (χ0n) is 10.8. The maximum atomic E-state index is 8.54. The summed E-state index contributed by atoms with van der Waals surface area (Å²) in [5.74, 6) is 0. The lowest BCUT2D eigenvalue weighted by Crippen LogP contribution is -2.30. The third-order valence-corrected chi connectivity index (χ3v) is 2.77. The van der Waals surface area contributed by atoms with Crippen LogP contribution in [-0.4, -0.2) is 69.5 Å². The maximum absolute atomic E-state index is 8.54. The van der Waals surface area contributed by atoms with Crippen molar-refractivity contribution in [3.63, 3.8) is 0 Å². The topological polar surface area (TPSA) is 51.2 Å². The van der Waals surface area contributed by atoms with E-state index in [1.165, 1.54) is 6.42 Å². The molecule has 5 heteroatoms. The molecule has 1 aliphatic rings. The number of nitrogens with zero attached hydrogens (tertiary/aromatic N) is 1. The molecule has 0 aromatic rings. The van der Waals surface area contributed by atoms with Crippen molar-refractivity contribution in [2.24, 2.45) is 0 Å². The number of hydrogen-bond donors (Lipinski definition) is 1. The second-order valence-electron chi connectivity index (χ2n) is 4.31. The fraction of sp³-hybridized carbons (Fsp3) is 1.00. The number of aliphatic hydroxyl groups is 1. The van der Waals surface area contributed by atoms with Gasteiger partial charge in [0.05, 0.1) is 26.4 Å². The molecule has 0 amide bonds. The first-order valence-electron chi connectivity index (χ1n) is 6.43. The maximum Gasteiger partial charge on any atom is 0.157 e. The average molecular weight is 247 g/mol. The smallest absolute Gasteiger partial charge is 0.157 e. The quantitative estimate of drug-likeness (QED) is 0.600. The molecule has 0 aliphatic carbocycles. The van der Waals surface area contributed by atoms with Crippen LogP contribution >= 0.6 is 0 Å². The van der Waals surface area contributed by atoms with E-state index in [-0.39, 0.29) is 12.9 Å². The Hall–Kier alpha value is -0.200. The highest BCUT2D eigenvalue weighted by atomic mass is 16.7. The number of likely N-dealkylation sites (N-methyl/N-ethyl adjacent to an activating group) is 1. The first-order chi connectivity index (χ1) is 8.33. The van der Waals surface area contributed by atoms with Gasteiger partial charge in [0.1, 0.15) is 0 Å². The van der Waals surface area contributed by atoms with Gasteiger partial charge >= 0.3 is 0 Å². The summed E-state index contributed by atoms with van der Waals surface area (Å²) in [5, 5.41) is 8.54. The molecular weight excluding hydrogens is 222 g/mol. The van der Waals surface area contributed by atoms with Gasteiger partial charge in [-0.3, -0.25) is 0 Å². The number of rotatable bonds is 9. The number of hydrogen-bond acceptors (Lipinski definition) is 5. The molecule has 0 radical (unpaired) electrons. The van der Waals surface area contributed by atoms with Crippen LogP contribution in [0.2, 0.25) is 0 Å². The molecule has 1 rings (SSSR count). The summed E-state index contributed by atoms with van der Waals surface area (Å²) in [7, 11) is 2.04. The zero-order valence-corrected chi connectivity index (χ0v) is 10.8. The van der Waals surface area contributed by atoms with Crippen LogP contribution in [0.15, 0.2) is 0 Å². The molecule has 0 saturated carbocycles. The highest BCUT2D eigenvalue weighted by Crippen LogP contribution is 2.13. The van der Waals surface area contributed by atoms with E-state index in [1.807, 2.05) is 7.05 Å². The van der Waals surface area contributed by atoms with Gasteiger partial charge in [0.25, 0.3) is 0 Å². The van der Waals surface area contributed by atoms with E-state index in [0.29, 0.717) is 19.8 Å². The molecule has 1 N–H and O–H groups in total. The Kier molecular flexibility index (Phi) is 8.56. The van der Waals surface area contributed by atoms with Crippen molar-refractivity contribution in [1.82, 2.24) is 4.90 Å². The van der Waals surface area contributed by atoms with Crippen LogP contribution in [-0.2, 0) is 14.2 Å². The minimum absolute atomic E-state index is 0.00258. The van der Waals surface area contributed by atoms with Crippen molar-refractivity contribution < 1.29 is 19.3 Å². The van der Waals surface area contributed by atoms with Gasteiger partial charge in [0, 0.05) is 19.7 Å². The molecule has 5 nitrogen and oxygen atoms in total. The molecule has 1 fully saturated rings. The third kappa shape index (κ3) is 7.68. The van der Waals surface area contributed by atoms with Gasteiger partial charge in [-0.1, -0.05) is 0 Å². The molecule has 0 spiro atoms. The van der Waals surface area contributed by atoms with Gasteiger partial charge in [0.15, 0.2) is 6.29 Å². The van der Waals surface area contributed by atoms with Crippen LogP contribution in [0.3, 0.4) is 0 Å². The Morgan fingerprint density at radius 1 is 1.24 bits per heavy atom. The molecule has 1 unspecified atom stereocenters. The summed E-state index contributed by atoms with van der Waals surface area (Å²) in [6.07, 6.45) is 3.38. The van der Waals surface area contributed by atoms with Crippen molar-refractivity contribution in [2.45, 2.75) is 25.6 Å². The summed E-state index contributed by atoms with van der Waals surface area (Å²) >= 11 is 0. The van der Waals surface area contributed by atoms with Crippen LogP contribution in [0.25, 0.3) is 0 Å². The fourth-order valence-electron chi connectivity index (χ4n) is 1.68. The third-order valence-electron chi connectivity index (χ3n) is 2.77. The molecule has 0 aromatic carbocycles. The van der Waals surface area contributed by atoms with Gasteiger partial charge in [-0.05, 0) is 26.3 Å². The summed E-state index contributed by atoms with van der Waals surface area (Å²) in [6, 6.07) is 0. The highest BCUT2D eigenvalue weighted by Gasteiger charge is 2.13. The van der Waals surface area contributed by atoms with Gasteiger partial charge < -0.3 is 24.2 Å². The molecular formula is C12H25NO4. The minimum atomic E-state index is 0.00258. The van der Waals surface area contributed by atoms with Crippen LogP contribution in [0.1, 0.15) is 19.3 Å². The van der Waals surface area contributed by atoms with E-state index in [4.69, 9.17) is 19.3 Å². The SMILES string of the molecule is CN(CCOCCO)CCOC1CCCCO1. The number of aliphatic hydroxyl groups excluding tert-OH is 1. The lowest BCUT2D eigenvalue weighted by Gasteiger charge is -2.24. The Morgan fingerprint density at radius 2 is 2.06 bits per heavy atom. The second-order valence-corrected chi connectivity index (χ2v) is 4.31. The Morgan fingerprint density at radius 3 is 2.76 bits per heavy atom. The Labute approximate surface area is 104 Å². The molecule has 1 saturated heterocycles. The second kappa shape index (κ2) is 9.79. The van der Waals surface area contributed by atoms with Crippen LogP contribution in [0.5, 0.6) is 0 Å². The normalized spacial score (nSPS) is 21.0. The fourth-order valence-corrected chi connectivity index (χ4v) is 1.68. The zero-order chi connectivity index (χ0) is 12.3. The predicted molar refractivity (Wildman–Crippen MR) is 64.9 cm³/mol. The molecule has 0 bridgehead atoms. The first-order valence-corrected chi connectivity index (χ1v) is 6.43. The van der Waals surface area contributed by atoms with E-state index in [2.05, 4.69) is 4.90 Å². The van der Waals surface area contributed by atoms with Crippen molar-refractivity contribution in [3.05, 3.63) is 0 Å². The molecule has 1 atom stereocenters. The average Bonchev–Trinajstić information content (AvgIpc) is 2.36. The van der Waals surface area contributed by atoms with Crippen molar-refractivity contribution >= 4 is 0 Å². The standard InChI is InChI=1S/C12H25NO4/c1-13(5-9-15-11-7-14)6-10-17-12-4-2-3-8-16-12/h12,14H,2-11H2,1H3. The Bertz CT molecular complexity index is 174. The predicted octanol–water partition coefficient (Wildman–Crippen LogP) is 0.470. The van der Waals surface area contributed by atoms with E-state index in [0.717, 1.165) is 32.5 Å². The largest absolute Gasteiger partial charge is 0.394 e. The van der Waals surface area contributed by atoms with Gasteiger partial charge in [-0.2, -0.15) is 0 Å². The summed E-state index contributed by atoms with van der Waals surface area (Å²) < 4.78 is 16.3. The number of ether oxygens (including phenoxy) is 3. The first kappa shape index (κ1) is 14.9. The van der Waals surface area contributed by atoms with Gasteiger partial charge in [0.2, 0.25) is 0 Å². The summed E-state index contributed by atoms with van der Waals surface area (Å²) in [5.41, 5.74) is 0. The van der Waals surface area contributed by atoms with E-state index in [1.54, 1.807) is 0 Å². The minimum Gasteiger partial charge on any atom is -0.394 e. The lowest BCUT2D eigenvalue weighted by molar-refractivity contribution is -0.163. The van der Waals surface area contributed by atoms with E-state index in [9.17, 15) is 0 Å². The molecule has 0 aromatic heterocycles. The molecule has 1 heterocycles. The van der Waals surface area contributed by atoms with Crippen LogP contribution in [0, 0.1) is 0 Å². The van der Waals surface area contributed by atoms with Crippen LogP contribution < -0.4 is 0 Å². The Balaban J connectivity index is 1.90. The van der Waals surface area contributed by atoms with E-state index >= 15 is 0 Å². The monoisotopic (exact) mass is 247 g/mol. The van der Waals surface area contributed by atoms with Crippen molar-refractivity contribution in [1.29, 1.82) is 0 Å². The molecule has 1 aliphatic heterocycles. The molecule has 102 valence electrons. The molecule has 17 heavy (non-hydrogen) atoms. The van der Waals surface area contributed by atoms with Crippen LogP contribution in [0.4, 0.5) is 0 Å². The highest BCUT2D eigenvalue weighted by molar-refractivity contribution is 4.55.